The first-order valence-electron chi connectivity index (χ1n) is 7.27. The van der Waals surface area contributed by atoms with E-state index in [4.69, 9.17) is 0 Å². The van der Waals surface area contributed by atoms with E-state index >= 15 is 0 Å². The predicted octanol–water partition coefficient (Wildman–Crippen LogP) is 2.55. The van der Waals surface area contributed by atoms with Gasteiger partial charge < -0.3 is 10.6 Å². The zero-order valence-electron chi connectivity index (χ0n) is 12.1. The number of benzene rings is 1. The van der Waals surface area contributed by atoms with E-state index in [2.05, 4.69) is 41.0 Å². The summed E-state index contributed by atoms with van der Waals surface area (Å²) in [6.45, 7) is 0.752. The zero-order chi connectivity index (χ0) is 13.5. The van der Waals surface area contributed by atoms with Crippen molar-refractivity contribution in [2.45, 2.75) is 38.1 Å². The van der Waals surface area contributed by atoms with Gasteiger partial charge in [0.25, 0.3) is 0 Å². The fourth-order valence-electron chi connectivity index (χ4n) is 2.91. The van der Waals surface area contributed by atoms with Crippen LogP contribution in [0.4, 0.5) is 0 Å². The molecule has 0 bridgehead atoms. The molecule has 0 spiro atoms. The minimum atomic E-state index is 0. The van der Waals surface area contributed by atoms with Gasteiger partial charge in [-0.1, -0.05) is 36.8 Å². The van der Waals surface area contributed by atoms with Gasteiger partial charge in [-0.05, 0) is 37.8 Å². The summed E-state index contributed by atoms with van der Waals surface area (Å²) in [6, 6.07) is 10.9. The monoisotopic (exact) mass is 296 g/mol. The third kappa shape index (κ3) is 5.14. The molecule has 0 aromatic heterocycles. The molecule has 1 aliphatic rings. The maximum Gasteiger partial charge on any atom is 0.221 e. The van der Waals surface area contributed by atoms with Crippen molar-refractivity contribution in [3.63, 3.8) is 0 Å². The summed E-state index contributed by atoms with van der Waals surface area (Å²) < 4.78 is 0. The standard InChI is InChI=1S/C16H24N2O.ClH/c1-17-11-10-16(19)18-15-9-5-8-14(15)12-13-6-3-2-4-7-13;/h2-4,6-7,14-15,17H,5,8-12H2,1H3,(H,18,19);1H. The molecule has 1 aromatic rings. The highest BCUT2D eigenvalue weighted by atomic mass is 35.5. The lowest BCUT2D eigenvalue weighted by molar-refractivity contribution is -0.121. The first-order valence-corrected chi connectivity index (χ1v) is 7.27. The highest BCUT2D eigenvalue weighted by Crippen LogP contribution is 2.28. The molecule has 0 aliphatic heterocycles. The van der Waals surface area contributed by atoms with E-state index in [0.29, 0.717) is 18.4 Å². The van der Waals surface area contributed by atoms with Crippen LogP contribution in [0.25, 0.3) is 0 Å². The zero-order valence-corrected chi connectivity index (χ0v) is 12.9. The Morgan fingerprint density at radius 2 is 2.00 bits per heavy atom. The quantitative estimate of drug-likeness (QED) is 0.847. The Balaban J connectivity index is 0.00000200. The second-order valence-electron chi connectivity index (χ2n) is 5.41. The molecule has 2 atom stereocenters. The normalized spacial score (nSPS) is 21.2. The molecule has 0 saturated heterocycles. The Morgan fingerprint density at radius 1 is 1.25 bits per heavy atom. The fraction of sp³-hybridized carbons (Fsp3) is 0.562. The van der Waals surface area contributed by atoms with E-state index in [0.717, 1.165) is 19.4 Å². The number of rotatable bonds is 6. The average Bonchev–Trinajstić information content (AvgIpc) is 2.85. The van der Waals surface area contributed by atoms with E-state index in [1.165, 1.54) is 18.4 Å². The van der Waals surface area contributed by atoms with Crippen molar-refractivity contribution in [3.8, 4) is 0 Å². The van der Waals surface area contributed by atoms with Crippen LogP contribution in [0.1, 0.15) is 31.2 Å². The van der Waals surface area contributed by atoms with Gasteiger partial charge in [0.2, 0.25) is 5.91 Å². The first-order chi connectivity index (χ1) is 9.29. The smallest absolute Gasteiger partial charge is 0.221 e. The van der Waals surface area contributed by atoms with Crippen LogP contribution in [0.5, 0.6) is 0 Å². The lowest BCUT2D eigenvalue weighted by Gasteiger charge is -2.21. The number of carbonyl (C=O) groups excluding carboxylic acids is 1. The van der Waals surface area contributed by atoms with E-state index in [-0.39, 0.29) is 18.3 Å². The topological polar surface area (TPSA) is 41.1 Å². The predicted molar refractivity (Wildman–Crippen MR) is 85.2 cm³/mol. The molecule has 20 heavy (non-hydrogen) atoms. The molecule has 0 radical (unpaired) electrons. The number of carbonyl (C=O) groups is 1. The van der Waals surface area contributed by atoms with E-state index in [1.807, 2.05) is 7.05 Å². The number of nitrogens with one attached hydrogen (secondary N) is 2. The maximum absolute atomic E-state index is 11.8. The fourth-order valence-corrected chi connectivity index (χ4v) is 2.91. The van der Waals surface area contributed by atoms with Gasteiger partial charge >= 0.3 is 0 Å². The van der Waals surface area contributed by atoms with Gasteiger partial charge in [-0.3, -0.25) is 4.79 Å². The van der Waals surface area contributed by atoms with Crippen LogP contribution in [0.3, 0.4) is 0 Å². The minimum Gasteiger partial charge on any atom is -0.353 e. The Labute approximate surface area is 127 Å². The summed E-state index contributed by atoms with van der Waals surface area (Å²) in [4.78, 5) is 11.8. The van der Waals surface area contributed by atoms with E-state index in [9.17, 15) is 4.79 Å². The van der Waals surface area contributed by atoms with Crippen LogP contribution in [0.2, 0.25) is 0 Å². The van der Waals surface area contributed by atoms with E-state index in [1.54, 1.807) is 0 Å². The molecule has 2 rings (SSSR count). The lowest BCUT2D eigenvalue weighted by atomic mass is 9.94. The maximum atomic E-state index is 11.8. The van der Waals surface area contributed by atoms with Gasteiger partial charge in [0.15, 0.2) is 0 Å². The number of hydrogen-bond acceptors (Lipinski definition) is 2. The van der Waals surface area contributed by atoms with Crippen LogP contribution in [-0.2, 0) is 11.2 Å². The van der Waals surface area contributed by atoms with Crippen molar-refractivity contribution in [1.29, 1.82) is 0 Å². The number of amides is 1. The third-order valence-electron chi connectivity index (χ3n) is 3.95. The molecule has 3 nitrogen and oxygen atoms in total. The lowest BCUT2D eigenvalue weighted by Crippen LogP contribution is -2.39. The molecule has 1 saturated carbocycles. The van der Waals surface area contributed by atoms with Gasteiger partial charge in [0, 0.05) is 19.0 Å². The SMILES string of the molecule is CNCCC(=O)NC1CCCC1Cc1ccccc1.Cl. The van der Waals surface area contributed by atoms with Crippen LogP contribution in [0.15, 0.2) is 30.3 Å². The van der Waals surface area contributed by atoms with Crippen molar-refractivity contribution >= 4 is 18.3 Å². The van der Waals surface area contributed by atoms with Crippen molar-refractivity contribution < 1.29 is 4.79 Å². The van der Waals surface area contributed by atoms with Gasteiger partial charge in [-0.2, -0.15) is 0 Å². The summed E-state index contributed by atoms with van der Waals surface area (Å²) in [5, 5.41) is 6.22. The molecule has 2 unspecified atom stereocenters. The molecule has 2 N–H and O–H groups in total. The van der Waals surface area contributed by atoms with Crippen molar-refractivity contribution in [2.75, 3.05) is 13.6 Å². The summed E-state index contributed by atoms with van der Waals surface area (Å²) in [5.41, 5.74) is 1.38. The summed E-state index contributed by atoms with van der Waals surface area (Å²) in [6.07, 6.45) is 5.24. The second-order valence-corrected chi connectivity index (χ2v) is 5.41. The molecule has 112 valence electrons. The van der Waals surface area contributed by atoms with Gasteiger partial charge in [-0.25, -0.2) is 0 Å². The molecule has 4 heteroatoms. The van der Waals surface area contributed by atoms with Gasteiger partial charge in [0.05, 0.1) is 0 Å². The van der Waals surface area contributed by atoms with Crippen LogP contribution < -0.4 is 10.6 Å². The molecule has 1 aliphatic carbocycles. The summed E-state index contributed by atoms with van der Waals surface area (Å²) in [7, 11) is 1.88. The van der Waals surface area contributed by atoms with Crippen LogP contribution in [0, 0.1) is 5.92 Å². The highest BCUT2D eigenvalue weighted by Gasteiger charge is 2.28. The van der Waals surface area contributed by atoms with Crippen LogP contribution >= 0.6 is 12.4 Å². The molecular formula is C16H25ClN2O. The average molecular weight is 297 g/mol. The molecule has 0 heterocycles. The highest BCUT2D eigenvalue weighted by molar-refractivity contribution is 5.85. The number of halogens is 1. The molecule has 1 aromatic carbocycles. The van der Waals surface area contributed by atoms with Gasteiger partial charge in [0.1, 0.15) is 0 Å². The minimum absolute atomic E-state index is 0. The Hall–Kier alpha value is -1.06. The molecule has 1 amide bonds. The first kappa shape index (κ1) is 17.0. The van der Waals surface area contributed by atoms with Crippen molar-refractivity contribution in [2.24, 2.45) is 5.92 Å². The Bertz CT molecular complexity index is 397. The summed E-state index contributed by atoms with van der Waals surface area (Å²) in [5.74, 6) is 0.778. The van der Waals surface area contributed by atoms with Crippen LogP contribution in [-0.4, -0.2) is 25.5 Å². The molecular weight excluding hydrogens is 272 g/mol. The van der Waals surface area contributed by atoms with E-state index < -0.39 is 0 Å². The largest absolute Gasteiger partial charge is 0.353 e. The second kappa shape index (κ2) is 8.98. The molecule has 1 fully saturated rings. The van der Waals surface area contributed by atoms with Gasteiger partial charge in [-0.15, -0.1) is 12.4 Å². The van der Waals surface area contributed by atoms with Crippen molar-refractivity contribution in [3.05, 3.63) is 35.9 Å². The Kier molecular flexibility index (Phi) is 7.63. The Morgan fingerprint density at radius 3 is 2.70 bits per heavy atom. The third-order valence-corrected chi connectivity index (χ3v) is 3.95. The summed E-state index contributed by atoms with van der Waals surface area (Å²) >= 11 is 0. The van der Waals surface area contributed by atoms with Crippen molar-refractivity contribution in [1.82, 2.24) is 10.6 Å². The number of hydrogen-bond donors (Lipinski definition) is 2.